The summed E-state index contributed by atoms with van der Waals surface area (Å²) in [6.45, 7) is 1.03. The van der Waals surface area contributed by atoms with Gasteiger partial charge in [-0.1, -0.05) is 12.1 Å². The van der Waals surface area contributed by atoms with Crippen molar-refractivity contribution in [1.82, 2.24) is 4.31 Å². The molecule has 0 amide bonds. The zero-order chi connectivity index (χ0) is 12.8. The molecule has 1 fully saturated rings. The Bertz CT molecular complexity index is 564. The van der Waals surface area contributed by atoms with E-state index < -0.39 is 10.0 Å². The fraction of sp³-hybridized carbons (Fsp3) is 0.538. The highest BCUT2D eigenvalue weighted by atomic mass is 32.2. The number of sulfonamides is 1. The zero-order valence-electron chi connectivity index (χ0n) is 10.3. The molecule has 0 radical (unpaired) electrons. The summed E-state index contributed by atoms with van der Waals surface area (Å²) in [6.07, 6.45) is 2.89. The summed E-state index contributed by atoms with van der Waals surface area (Å²) in [7, 11) is -3.10. The summed E-state index contributed by atoms with van der Waals surface area (Å²) in [4.78, 5) is 0. The highest BCUT2D eigenvalue weighted by Gasteiger charge is 2.33. The van der Waals surface area contributed by atoms with Gasteiger partial charge in [0.25, 0.3) is 0 Å². The molecule has 4 nitrogen and oxygen atoms in total. The van der Waals surface area contributed by atoms with Gasteiger partial charge in [0.15, 0.2) is 0 Å². The Labute approximate surface area is 108 Å². The van der Waals surface area contributed by atoms with Gasteiger partial charge in [0.05, 0.1) is 5.75 Å². The number of anilines is 1. The number of fused-ring (bicyclic) bond motifs is 1. The SMILES string of the molecule is Nc1cccc2c1CN(S(=O)(=O)CC1CC1)CC2. The number of benzene rings is 1. The van der Waals surface area contributed by atoms with Crippen LogP contribution in [0.1, 0.15) is 24.0 Å². The molecular weight excluding hydrogens is 248 g/mol. The Morgan fingerprint density at radius 3 is 2.83 bits per heavy atom. The molecule has 2 N–H and O–H groups in total. The summed E-state index contributed by atoms with van der Waals surface area (Å²) in [5.74, 6) is 0.708. The first-order valence-electron chi connectivity index (χ1n) is 6.40. The van der Waals surface area contributed by atoms with E-state index in [2.05, 4.69) is 0 Å². The molecule has 18 heavy (non-hydrogen) atoms. The van der Waals surface area contributed by atoms with Crippen LogP contribution in [0.15, 0.2) is 18.2 Å². The van der Waals surface area contributed by atoms with Crippen LogP contribution in [0.3, 0.4) is 0 Å². The second-order valence-electron chi connectivity index (χ2n) is 5.29. The second-order valence-corrected chi connectivity index (χ2v) is 7.30. The minimum absolute atomic E-state index is 0.315. The van der Waals surface area contributed by atoms with Crippen LogP contribution >= 0.6 is 0 Å². The van der Waals surface area contributed by atoms with Crippen molar-refractivity contribution in [1.29, 1.82) is 0 Å². The van der Waals surface area contributed by atoms with E-state index in [1.54, 1.807) is 4.31 Å². The van der Waals surface area contributed by atoms with Gasteiger partial charge in [-0.05, 0) is 42.4 Å². The topological polar surface area (TPSA) is 63.4 Å². The Balaban J connectivity index is 1.83. The normalized spacial score (nSPS) is 20.7. The Kier molecular flexibility index (Phi) is 2.83. The van der Waals surface area contributed by atoms with Gasteiger partial charge in [-0.15, -0.1) is 0 Å². The molecule has 0 aromatic heterocycles. The minimum atomic E-state index is -3.10. The maximum absolute atomic E-state index is 12.2. The van der Waals surface area contributed by atoms with Gasteiger partial charge in [-0.3, -0.25) is 0 Å². The van der Waals surface area contributed by atoms with Crippen LogP contribution in [0.5, 0.6) is 0 Å². The van der Waals surface area contributed by atoms with Gasteiger partial charge >= 0.3 is 0 Å². The van der Waals surface area contributed by atoms with Crippen molar-refractivity contribution in [3.05, 3.63) is 29.3 Å². The Morgan fingerprint density at radius 2 is 2.11 bits per heavy atom. The van der Waals surface area contributed by atoms with Gasteiger partial charge in [0.1, 0.15) is 0 Å². The third-order valence-electron chi connectivity index (χ3n) is 3.81. The predicted octanol–water partition coefficient (Wildman–Crippen LogP) is 1.37. The van der Waals surface area contributed by atoms with Crippen molar-refractivity contribution in [2.24, 2.45) is 5.92 Å². The maximum atomic E-state index is 12.2. The summed E-state index contributed by atoms with van der Waals surface area (Å²) in [6, 6.07) is 5.81. The van der Waals surface area contributed by atoms with Crippen LogP contribution in [0.25, 0.3) is 0 Å². The lowest BCUT2D eigenvalue weighted by Gasteiger charge is -2.29. The smallest absolute Gasteiger partial charge is 0.214 e. The van der Waals surface area contributed by atoms with Crippen LogP contribution < -0.4 is 5.73 Å². The summed E-state index contributed by atoms with van der Waals surface area (Å²) >= 11 is 0. The maximum Gasteiger partial charge on any atom is 0.214 e. The molecule has 1 aromatic rings. The highest BCUT2D eigenvalue weighted by molar-refractivity contribution is 7.89. The van der Waals surface area contributed by atoms with E-state index in [1.807, 2.05) is 18.2 Å². The van der Waals surface area contributed by atoms with E-state index in [1.165, 1.54) is 5.56 Å². The lowest BCUT2D eigenvalue weighted by atomic mass is 10.00. The lowest BCUT2D eigenvalue weighted by molar-refractivity contribution is 0.391. The molecular formula is C13H18N2O2S. The fourth-order valence-electron chi connectivity index (χ4n) is 2.51. The van der Waals surface area contributed by atoms with Gasteiger partial charge in [-0.2, -0.15) is 4.31 Å². The van der Waals surface area contributed by atoms with Gasteiger partial charge in [-0.25, -0.2) is 8.42 Å². The van der Waals surface area contributed by atoms with E-state index in [-0.39, 0.29) is 0 Å². The van der Waals surface area contributed by atoms with Gasteiger partial charge in [0, 0.05) is 18.8 Å². The predicted molar refractivity (Wildman–Crippen MR) is 71.5 cm³/mol. The van der Waals surface area contributed by atoms with E-state index in [0.717, 1.165) is 24.8 Å². The summed E-state index contributed by atoms with van der Waals surface area (Å²) in [5.41, 5.74) is 8.82. The molecule has 98 valence electrons. The molecule has 1 saturated carbocycles. The first kappa shape index (κ1) is 12.0. The number of nitrogens with two attached hydrogens (primary N) is 1. The van der Waals surface area contributed by atoms with Crippen LogP contribution in [-0.4, -0.2) is 25.0 Å². The third kappa shape index (κ3) is 2.24. The highest BCUT2D eigenvalue weighted by Crippen LogP contribution is 2.33. The van der Waals surface area contributed by atoms with Crippen LogP contribution in [0.4, 0.5) is 5.69 Å². The standard InChI is InChI=1S/C13H18N2O2S/c14-13-3-1-2-11-6-7-15(8-12(11)13)18(16,17)9-10-4-5-10/h1-3,10H,4-9,14H2. The van der Waals surface area contributed by atoms with E-state index in [0.29, 0.717) is 30.4 Å². The number of rotatable bonds is 3. The summed E-state index contributed by atoms with van der Waals surface area (Å²) in [5, 5.41) is 0. The molecule has 1 aliphatic carbocycles. The largest absolute Gasteiger partial charge is 0.398 e. The lowest BCUT2D eigenvalue weighted by Crippen LogP contribution is -2.38. The number of nitrogens with zero attached hydrogens (tertiary/aromatic N) is 1. The summed E-state index contributed by atoms with van der Waals surface area (Å²) < 4.78 is 26.1. The molecule has 3 rings (SSSR count). The minimum Gasteiger partial charge on any atom is -0.398 e. The van der Waals surface area contributed by atoms with Crippen LogP contribution in [0.2, 0.25) is 0 Å². The number of hydrogen-bond donors (Lipinski definition) is 1. The molecule has 0 atom stereocenters. The first-order chi connectivity index (χ1) is 8.56. The Hall–Kier alpha value is -1.07. The van der Waals surface area contributed by atoms with Crippen molar-refractivity contribution in [3.63, 3.8) is 0 Å². The average molecular weight is 266 g/mol. The Morgan fingerprint density at radius 1 is 1.33 bits per heavy atom. The molecule has 1 aliphatic heterocycles. The molecule has 0 saturated heterocycles. The van der Waals surface area contributed by atoms with Crippen molar-refractivity contribution >= 4 is 15.7 Å². The third-order valence-corrected chi connectivity index (χ3v) is 5.80. The van der Waals surface area contributed by atoms with Crippen molar-refractivity contribution < 1.29 is 8.42 Å². The van der Waals surface area contributed by atoms with Crippen molar-refractivity contribution in [3.8, 4) is 0 Å². The molecule has 1 heterocycles. The number of nitrogen functional groups attached to an aromatic ring is 1. The molecule has 0 unspecified atom stereocenters. The van der Waals surface area contributed by atoms with Crippen molar-refractivity contribution in [2.45, 2.75) is 25.8 Å². The number of hydrogen-bond acceptors (Lipinski definition) is 3. The molecule has 1 aromatic carbocycles. The van der Waals surface area contributed by atoms with Gasteiger partial charge in [0.2, 0.25) is 10.0 Å². The van der Waals surface area contributed by atoms with E-state index in [4.69, 9.17) is 5.73 Å². The van der Waals surface area contributed by atoms with Crippen LogP contribution in [-0.2, 0) is 23.0 Å². The van der Waals surface area contributed by atoms with E-state index in [9.17, 15) is 8.42 Å². The second kappa shape index (κ2) is 4.24. The van der Waals surface area contributed by atoms with Gasteiger partial charge < -0.3 is 5.73 Å². The fourth-order valence-corrected chi connectivity index (χ4v) is 4.34. The quantitative estimate of drug-likeness (QED) is 0.840. The molecule has 5 heteroatoms. The molecule has 2 aliphatic rings. The van der Waals surface area contributed by atoms with Crippen molar-refractivity contribution in [2.75, 3.05) is 18.0 Å². The zero-order valence-corrected chi connectivity index (χ0v) is 11.1. The van der Waals surface area contributed by atoms with E-state index >= 15 is 0 Å². The van der Waals surface area contributed by atoms with Crippen LogP contribution in [0, 0.1) is 5.92 Å². The first-order valence-corrected chi connectivity index (χ1v) is 8.01. The monoisotopic (exact) mass is 266 g/mol. The average Bonchev–Trinajstić information content (AvgIpc) is 3.12. The molecule has 0 bridgehead atoms. The molecule has 0 spiro atoms.